The summed E-state index contributed by atoms with van der Waals surface area (Å²) in [6, 6.07) is 0. The van der Waals surface area contributed by atoms with E-state index in [4.69, 9.17) is 4.74 Å². The SMILES string of the molecule is Cc1cnc(C2CCOC2)s1. The van der Waals surface area contributed by atoms with Crippen molar-refractivity contribution in [1.82, 2.24) is 4.98 Å². The third kappa shape index (κ3) is 1.44. The van der Waals surface area contributed by atoms with E-state index in [1.807, 2.05) is 6.20 Å². The molecule has 1 aromatic heterocycles. The zero-order chi connectivity index (χ0) is 7.68. The quantitative estimate of drug-likeness (QED) is 0.641. The molecule has 1 aliphatic rings. The van der Waals surface area contributed by atoms with Gasteiger partial charge in [-0.3, -0.25) is 0 Å². The maximum atomic E-state index is 5.29. The van der Waals surface area contributed by atoms with E-state index in [1.54, 1.807) is 11.3 Å². The molecule has 0 amide bonds. The number of ether oxygens (including phenoxy) is 1. The molecule has 0 aromatic carbocycles. The molecule has 1 aliphatic heterocycles. The average Bonchev–Trinajstić information content (AvgIpc) is 2.55. The third-order valence-corrected chi connectivity index (χ3v) is 2.99. The number of aromatic nitrogens is 1. The minimum absolute atomic E-state index is 0.577. The molecule has 60 valence electrons. The summed E-state index contributed by atoms with van der Waals surface area (Å²) in [7, 11) is 0. The van der Waals surface area contributed by atoms with E-state index in [1.165, 1.54) is 9.88 Å². The molecule has 0 spiro atoms. The average molecular weight is 169 g/mol. The van der Waals surface area contributed by atoms with Crippen LogP contribution in [0.4, 0.5) is 0 Å². The highest BCUT2D eigenvalue weighted by atomic mass is 32.1. The van der Waals surface area contributed by atoms with Crippen LogP contribution in [-0.2, 0) is 4.74 Å². The van der Waals surface area contributed by atoms with E-state index in [9.17, 15) is 0 Å². The summed E-state index contributed by atoms with van der Waals surface area (Å²) in [6.45, 7) is 3.87. The van der Waals surface area contributed by atoms with Crippen molar-refractivity contribution in [3.05, 3.63) is 16.1 Å². The summed E-state index contributed by atoms with van der Waals surface area (Å²) in [6.07, 6.45) is 3.09. The van der Waals surface area contributed by atoms with Gasteiger partial charge in [-0.05, 0) is 13.3 Å². The molecule has 0 aliphatic carbocycles. The van der Waals surface area contributed by atoms with Crippen molar-refractivity contribution in [2.75, 3.05) is 13.2 Å². The molecule has 11 heavy (non-hydrogen) atoms. The lowest BCUT2D eigenvalue weighted by atomic mass is 10.1. The van der Waals surface area contributed by atoms with Gasteiger partial charge in [0.2, 0.25) is 0 Å². The number of aryl methyl sites for hydroxylation is 1. The maximum Gasteiger partial charge on any atom is 0.0982 e. The molecular weight excluding hydrogens is 158 g/mol. The Kier molecular flexibility index (Phi) is 1.92. The number of hydrogen-bond acceptors (Lipinski definition) is 3. The summed E-state index contributed by atoms with van der Waals surface area (Å²) in [5.74, 6) is 0.577. The highest BCUT2D eigenvalue weighted by Gasteiger charge is 2.19. The number of nitrogens with zero attached hydrogens (tertiary/aromatic N) is 1. The Labute approximate surface area is 70.2 Å². The predicted molar refractivity (Wildman–Crippen MR) is 45.0 cm³/mol. The van der Waals surface area contributed by atoms with Gasteiger partial charge in [0.05, 0.1) is 11.6 Å². The first-order valence-electron chi connectivity index (χ1n) is 3.86. The monoisotopic (exact) mass is 169 g/mol. The first-order chi connectivity index (χ1) is 5.36. The first kappa shape index (κ1) is 7.25. The van der Waals surface area contributed by atoms with E-state index in [0.29, 0.717) is 5.92 Å². The Hall–Kier alpha value is -0.410. The van der Waals surface area contributed by atoms with Gasteiger partial charge in [-0.1, -0.05) is 0 Å². The van der Waals surface area contributed by atoms with Crippen LogP contribution in [0.25, 0.3) is 0 Å². The fourth-order valence-corrected chi connectivity index (χ4v) is 2.18. The molecule has 0 bridgehead atoms. The van der Waals surface area contributed by atoms with Crippen LogP contribution < -0.4 is 0 Å². The summed E-state index contributed by atoms with van der Waals surface area (Å²) < 4.78 is 5.29. The molecule has 0 N–H and O–H groups in total. The normalized spacial score (nSPS) is 24.3. The zero-order valence-corrected chi connectivity index (χ0v) is 7.36. The van der Waals surface area contributed by atoms with E-state index >= 15 is 0 Å². The van der Waals surface area contributed by atoms with E-state index < -0.39 is 0 Å². The van der Waals surface area contributed by atoms with Crippen molar-refractivity contribution in [1.29, 1.82) is 0 Å². The Bertz CT molecular complexity index is 240. The Balaban J connectivity index is 2.15. The van der Waals surface area contributed by atoms with Crippen molar-refractivity contribution < 1.29 is 4.74 Å². The molecular formula is C8H11NOS. The lowest BCUT2D eigenvalue weighted by Gasteiger charge is -1.99. The first-order valence-corrected chi connectivity index (χ1v) is 4.68. The molecule has 0 saturated carbocycles. The minimum Gasteiger partial charge on any atom is -0.381 e. The van der Waals surface area contributed by atoms with Crippen LogP contribution in [-0.4, -0.2) is 18.2 Å². The Morgan fingerprint density at radius 2 is 2.64 bits per heavy atom. The van der Waals surface area contributed by atoms with Gasteiger partial charge in [0.15, 0.2) is 0 Å². The van der Waals surface area contributed by atoms with E-state index in [2.05, 4.69) is 11.9 Å². The van der Waals surface area contributed by atoms with Gasteiger partial charge < -0.3 is 4.74 Å². The molecule has 0 radical (unpaired) electrons. The largest absolute Gasteiger partial charge is 0.381 e. The third-order valence-electron chi connectivity index (χ3n) is 1.92. The van der Waals surface area contributed by atoms with Gasteiger partial charge >= 0.3 is 0 Å². The summed E-state index contributed by atoms with van der Waals surface area (Å²) in [5.41, 5.74) is 0. The van der Waals surface area contributed by atoms with Gasteiger partial charge in [-0.25, -0.2) is 4.98 Å². The van der Waals surface area contributed by atoms with Gasteiger partial charge in [0, 0.05) is 23.6 Å². The van der Waals surface area contributed by atoms with Crippen molar-refractivity contribution >= 4 is 11.3 Å². The fourth-order valence-electron chi connectivity index (χ4n) is 1.29. The molecule has 3 heteroatoms. The van der Waals surface area contributed by atoms with Crippen molar-refractivity contribution in [3.63, 3.8) is 0 Å². The van der Waals surface area contributed by atoms with Crippen LogP contribution in [0.3, 0.4) is 0 Å². The van der Waals surface area contributed by atoms with Crippen molar-refractivity contribution in [2.24, 2.45) is 0 Å². The Morgan fingerprint density at radius 3 is 3.18 bits per heavy atom. The summed E-state index contributed by atoms with van der Waals surface area (Å²) >= 11 is 1.79. The Morgan fingerprint density at radius 1 is 1.73 bits per heavy atom. The highest BCUT2D eigenvalue weighted by Crippen LogP contribution is 2.27. The van der Waals surface area contributed by atoms with Gasteiger partial charge in [0.1, 0.15) is 0 Å². The number of hydrogen-bond donors (Lipinski definition) is 0. The molecule has 1 saturated heterocycles. The molecule has 1 aromatic rings. The predicted octanol–water partition coefficient (Wildman–Crippen LogP) is 1.96. The topological polar surface area (TPSA) is 22.1 Å². The van der Waals surface area contributed by atoms with Crippen LogP contribution in [0.5, 0.6) is 0 Å². The second-order valence-electron chi connectivity index (χ2n) is 2.87. The molecule has 1 atom stereocenters. The minimum atomic E-state index is 0.577. The zero-order valence-electron chi connectivity index (χ0n) is 6.54. The summed E-state index contributed by atoms with van der Waals surface area (Å²) in [4.78, 5) is 5.63. The molecule has 2 heterocycles. The number of rotatable bonds is 1. The van der Waals surface area contributed by atoms with Gasteiger partial charge in [-0.2, -0.15) is 0 Å². The van der Waals surface area contributed by atoms with Crippen LogP contribution >= 0.6 is 11.3 Å². The van der Waals surface area contributed by atoms with E-state index in [-0.39, 0.29) is 0 Å². The van der Waals surface area contributed by atoms with Crippen LogP contribution in [0, 0.1) is 6.92 Å². The van der Waals surface area contributed by atoms with Crippen LogP contribution in [0.1, 0.15) is 22.2 Å². The lowest BCUT2D eigenvalue weighted by Crippen LogP contribution is -1.95. The summed E-state index contributed by atoms with van der Waals surface area (Å²) in [5, 5.41) is 1.25. The molecule has 2 nitrogen and oxygen atoms in total. The molecule has 1 fully saturated rings. The van der Waals surface area contributed by atoms with Gasteiger partial charge in [-0.15, -0.1) is 11.3 Å². The maximum absolute atomic E-state index is 5.29. The van der Waals surface area contributed by atoms with Crippen molar-refractivity contribution in [2.45, 2.75) is 19.3 Å². The molecule has 2 rings (SSSR count). The van der Waals surface area contributed by atoms with E-state index in [0.717, 1.165) is 19.6 Å². The second kappa shape index (κ2) is 2.91. The lowest BCUT2D eigenvalue weighted by molar-refractivity contribution is 0.194. The van der Waals surface area contributed by atoms with Crippen molar-refractivity contribution in [3.8, 4) is 0 Å². The standard InChI is InChI=1S/C8H11NOS/c1-6-4-9-8(11-6)7-2-3-10-5-7/h4,7H,2-3,5H2,1H3. The fraction of sp³-hybridized carbons (Fsp3) is 0.625. The number of thiazole rings is 1. The van der Waals surface area contributed by atoms with Crippen LogP contribution in [0.15, 0.2) is 6.20 Å². The smallest absolute Gasteiger partial charge is 0.0982 e. The van der Waals surface area contributed by atoms with Gasteiger partial charge in [0.25, 0.3) is 0 Å². The second-order valence-corrected chi connectivity index (χ2v) is 4.14. The highest BCUT2D eigenvalue weighted by molar-refractivity contribution is 7.11. The molecule has 1 unspecified atom stereocenters. The van der Waals surface area contributed by atoms with Crippen LogP contribution in [0.2, 0.25) is 0 Å².